The Morgan fingerprint density at radius 1 is 1.17 bits per heavy atom. The Morgan fingerprint density at radius 3 is 2.61 bits per heavy atom. The van der Waals surface area contributed by atoms with E-state index >= 15 is 0 Å². The summed E-state index contributed by atoms with van der Waals surface area (Å²) >= 11 is 3.34. The average Bonchev–Trinajstić information content (AvgIpc) is 2.57. The van der Waals surface area contributed by atoms with E-state index in [1.807, 2.05) is 18.2 Å². The highest BCUT2D eigenvalue weighted by molar-refractivity contribution is 9.10. The quantitative estimate of drug-likeness (QED) is 0.767. The molecule has 0 aliphatic rings. The van der Waals surface area contributed by atoms with Crippen LogP contribution < -0.4 is 10.9 Å². The highest BCUT2D eigenvalue weighted by Crippen LogP contribution is 2.16. The number of fused-ring (bicyclic) bond motifs is 1. The van der Waals surface area contributed by atoms with Crippen molar-refractivity contribution in [1.29, 1.82) is 0 Å². The monoisotopic (exact) mass is 371 g/mol. The summed E-state index contributed by atoms with van der Waals surface area (Å²) in [7, 11) is 0. The number of carbonyl (C=O) groups excluding carboxylic acids is 1. The Bertz CT molecular complexity index is 919. The van der Waals surface area contributed by atoms with E-state index in [0.29, 0.717) is 16.6 Å². The molecule has 0 fully saturated rings. The lowest BCUT2D eigenvalue weighted by Crippen LogP contribution is -2.31. The van der Waals surface area contributed by atoms with Crippen LogP contribution in [0.4, 0.5) is 5.69 Å². The molecular weight excluding hydrogens is 358 g/mol. The van der Waals surface area contributed by atoms with E-state index < -0.39 is 6.04 Å². The first-order chi connectivity index (χ1) is 11.1. The van der Waals surface area contributed by atoms with Gasteiger partial charge in [-0.25, -0.2) is 4.98 Å². The molecule has 1 amide bonds. The summed E-state index contributed by atoms with van der Waals surface area (Å²) in [6.07, 6.45) is 1.41. The Balaban J connectivity index is 1.89. The van der Waals surface area contributed by atoms with Crippen LogP contribution in [0.15, 0.2) is 64.1 Å². The predicted octanol–water partition coefficient (Wildman–Crippen LogP) is 3.36. The minimum absolute atomic E-state index is 0.228. The number of nitrogens with zero attached hydrogens (tertiary/aromatic N) is 2. The predicted molar refractivity (Wildman–Crippen MR) is 93.5 cm³/mol. The van der Waals surface area contributed by atoms with Crippen molar-refractivity contribution in [2.75, 3.05) is 5.32 Å². The van der Waals surface area contributed by atoms with Crippen LogP contribution in [0.2, 0.25) is 0 Å². The van der Waals surface area contributed by atoms with E-state index in [0.717, 1.165) is 4.47 Å². The number of benzene rings is 2. The molecule has 0 spiro atoms. The summed E-state index contributed by atoms with van der Waals surface area (Å²) in [5.41, 5.74) is 1.06. The van der Waals surface area contributed by atoms with Crippen molar-refractivity contribution in [3.63, 3.8) is 0 Å². The summed E-state index contributed by atoms with van der Waals surface area (Å²) in [5.74, 6) is -0.272. The van der Waals surface area contributed by atoms with Gasteiger partial charge in [0.15, 0.2) is 0 Å². The highest BCUT2D eigenvalue weighted by atomic mass is 79.9. The van der Waals surface area contributed by atoms with Crippen LogP contribution in [-0.4, -0.2) is 15.5 Å². The fraction of sp³-hybridized carbons (Fsp3) is 0.118. The molecule has 0 aliphatic carbocycles. The number of anilines is 1. The number of nitrogens with one attached hydrogen (secondary N) is 1. The summed E-state index contributed by atoms with van der Waals surface area (Å²) in [4.78, 5) is 29.1. The molecule has 0 saturated heterocycles. The molecule has 116 valence electrons. The molecule has 1 aromatic heterocycles. The van der Waals surface area contributed by atoms with Crippen molar-refractivity contribution in [1.82, 2.24) is 9.55 Å². The molecule has 0 saturated carbocycles. The average molecular weight is 372 g/mol. The van der Waals surface area contributed by atoms with Crippen LogP contribution in [0.5, 0.6) is 0 Å². The number of hydrogen-bond donors (Lipinski definition) is 1. The lowest BCUT2D eigenvalue weighted by molar-refractivity contribution is -0.118. The number of carbonyl (C=O) groups is 1. The fourth-order valence-corrected chi connectivity index (χ4v) is 2.53. The summed E-state index contributed by atoms with van der Waals surface area (Å²) in [5, 5.41) is 3.29. The van der Waals surface area contributed by atoms with E-state index in [9.17, 15) is 9.59 Å². The van der Waals surface area contributed by atoms with E-state index in [-0.39, 0.29) is 11.5 Å². The molecule has 6 heteroatoms. The minimum atomic E-state index is -0.664. The van der Waals surface area contributed by atoms with E-state index in [4.69, 9.17) is 0 Å². The van der Waals surface area contributed by atoms with Crippen LogP contribution in [0.25, 0.3) is 10.9 Å². The lowest BCUT2D eigenvalue weighted by Gasteiger charge is -2.15. The number of halogens is 1. The molecule has 1 N–H and O–H groups in total. The zero-order valence-electron chi connectivity index (χ0n) is 12.4. The highest BCUT2D eigenvalue weighted by Gasteiger charge is 2.17. The SMILES string of the molecule is C[C@H](C(=O)Nc1ccc(Br)cc1)n1cnc2ccccc2c1=O. The number of hydrogen-bond acceptors (Lipinski definition) is 3. The normalized spacial score (nSPS) is 12.1. The van der Waals surface area contributed by atoms with Crippen LogP contribution in [0.3, 0.4) is 0 Å². The van der Waals surface area contributed by atoms with Gasteiger partial charge >= 0.3 is 0 Å². The third-order valence-electron chi connectivity index (χ3n) is 3.60. The second-order valence-electron chi connectivity index (χ2n) is 5.15. The Hall–Kier alpha value is -2.47. The van der Waals surface area contributed by atoms with Gasteiger partial charge in [0.2, 0.25) is 5.91 Å². The second kappa shape index (κ2) is 6.34. The summed E-state index contributed by atoms with van der Waals surface area (Å²) in [6.45, 7) is 1.67. The smallest absolute Gasteiger partial charge is 0.261 e. The fourth-order valence-electron chi connectivity index (χ4n) is 2.27. The number of aromatic nitrogens is 2. The maximum absolute atomic E-state index is 12.5. The van der Waals surface area contributed by atoms with E-state index in [2.05, 4.69) is 26.2 Å². The molecule has 2 aromatic carbocycles. The third kappa shape index (κ3) is 3.17. The maximum Gasteiger partial charge on any atom is 0.261 e. The molecule has 1 heterocycles. The van der Waals surface area contributed by atoms with Gasteiger partial charge in [0.1, 0.15) is 6.04 Å². The third-order valence-corrected chi connectivity index (χ3v) is 4.13. The van der Waals surface area contributed by atoms with E-state index in [1.54, 1.807) is 37.3 Å². The zero-order valence-corrected chi connectivity index (χ0v) is 13.9. The molecule has 3 aromatic rings. The molecule has 1 atom stereocenters. The van der Waals surface area contributed by atoms with Crippen molar-refractivity contribution < 1.29 is 4.79 Å². The van der Waals surface area contributed by atoms with Gasteiger partial charge in [0.05, 0.1) is 17.2 Å². The first-order valence-electron chi connectivity index (χ1n) is 7.08. The maximum atomic E-state index is 12.5. The van der Waals surface area contributed by atoms with Crippen molar-refractivity contribution in [2.24, 2.45) is 0 Å². The molecule has 3 rings (SSSR count). The largest absolute Gasteiger partial charge is 0.324 e. The minimum Gasteiger partial charge on any atom is -0.324 e. The molecule has 0 aliphatic heterocycles. The number of amides is 1. The Kier molecular flexibility index (Phi) is 4.25. The standard InChI is InChI=1S/C17H14BrN3O2/c1-11(16(22)20-13-8-6-12(18)7-9-13)21-10-19-15-5-3-2-4-14(15)17(21)23/h2-11H,1H3,(H,20,22)/t11-/m1/s1. The van der Waals surface area contributed by atoms with Crippen molar-refractivity contribution in [3.8, 4) is 0 Å². The number of rotatable bonds is 3. The Labute approximate surface area is 141 Å². The van der Waals surface area contributed by atoms with Crippen molar-refractivity contribution in [2.45, 2.75) is 13.0 Å². The van der Waals surface area contributed by atoms with Gasteiger partial charge in [-0.15, -0.1) is 0 Å². The second-order valence-corrected chi connectivity index (χ2v) is 6.06. The van der Waals surface area contributed by atoms with Crippen molar-refractivity contribution >= 4 is 38.4 Å². The van der Waals surface area contributed by atoms with Crippen LogP contribution in [0, 0.1) is 0 Å². The first kappa shape index (κ1) is 15.4. The van der Waals surface area contributed by atoms with Crippen LogP contribution in [-0.2, 0) is 4.79 Å². The van der Waals surface area contributed by atoms with E-state index in [1.165, 1.54) is 10.9 Å². The van der Waals surface area contributed by atoms with Gasteiger partial charge in [-0.05, 0) is 43.3 Å². The zero-order chi connectivity index (χ0) is 16.4. The first-order valence-corrected chi connectivity index (χ1v) is 7.88. The van der Waals surface area contributed by atoms with Gasteiger partial charge in [-0.3, -0.25) is 14.2 Å². The molecule has 0 unspecified atom stereocenters. The van der Waals surface area contributed by atoms with Gasteiger partial charge in [0.25, 0.3) is 5.56 Å². The summed E-state index contributed by atoms with van der Waals surface area (Å²) in [6, 6.07) is 13.7. The molecule has 0 bridgehead atoms. The Morgan fingerprint density at radius 2 is 1.87 bits per heavy atom. The topological polar surface area (TPSA) is 64.0 Å². The molecular formula is C17H14BrN3O2. The van der Waals surface area contributed by atoms with Crippen LogP contribution in [0.1, 0.15) is 13.0 Å². The lowest BCUT2D eigenvalue weighted by atomic mass is 10.2. The van der Waals surface area contributed by atoms with Crippen molar-refractivity contribution in [3.05, 3.63) is 69.7 Å². The van der Waals surface area contributed by atoms with Crippen LogP contribution >= 0.6 is 15.9 Å². The summed E-state index contributed by atoms with van der Waals surface area (Å²) < 4.78 is 2.27. The molecule has 5 nitrogen and oxygen atoms in total. The molecule has 23 heavy (non-hydrogen) atoms. The molecule has 0 radical (unpaired) electrons. The van der Waals surface area contributed by atoms with Gasteiger partial charge in [-0.1, -0.05) is 28.1 Å². The van der Waals surface area contributed by atoms with Gasteiger partial charge in [-0.2, -0.15) is 0 Å². The van der Waals surface area contributed by atoms with Gasteiger partial charge < -0.3 is 5.32 Å². The number of para-hydroxylation sites is 1. The van der Waals surface area contributed by atoms with Gasteiger partial charge in [0, 0.05) is 10.2 Å².